The van der Waals surface area contributed by atoms with Crippen molar-refractivity contribution in [3.8, 4) is 0 Å². The molecule has 0 unspecified atom stereocenters. The van der Waals surface area contributed by atoms with Crippen molar-refractivity contribution in [2.45, 2.75) is 26.3 Å². The lowest BCUT2D eigenvalue weighted by molar-refractivity contribution is 0.174. The summed E-state index contributed by atoms with van der Waals surface area (Å²) in [7, 11) is 0. The van der Waals surface area contributed by atoms with Gasteiger partial charge in [-0.15, -0.1) is 0 Å². The normalized spacial score (nSPS) is 18.4. The van der Waals surface area contributed by atoms with Gasteiger partial charge in [-0.05, 0) is 57.1 Å². The highest BCUT2D eigenvalue weighted by molar-refractivity contribution is 5.03. The molecule has 3 nitrogen and oxygen atoms in total. The van der Waals surface area contributed by atoms with E-state index in [0.717, 1.165) is 19.0 Å². The Morgan fingerprint density at radius 1 is 1.35 bits per heavy atom. The van der Waals surface area contributed by atoms with Crippen LogP contribution in [0, 0.1) is 5.92 Å². The first-order chi connectivity index (χ1) is 8.38. The van der Waals surface area contributed by atoms with E-state index in [1.165, 1.54) is 38.2 Å². The van der Waals surface area contributed by atoms with Gasteiger partial charge in [0.1, 0.15) is 0 Å². The Morgan fingerprint density at radius 2 is 2.18 bits per heavy atom. The van der Waals surface area contributed by atoms with Crippen molar-refractivity contribution in [1.29, 1.82) is 0 Å². The minimum atomic E-state index is 0.870. The van der Waals surface area contributed by atoms with Gasteiger partial charge in [0.15, 0.2) is 0 Å². The Morgan fingerprint density at radius 3 is 2.82 bits per heavy atom. The Kier molecular flexibility index (Phi) is 4.95. The molecule has 1 aliphatic rings. The fraction of sp³-hybridized carbons (Fsp3) is 0.643. The molecule has 0 radical (unpaired) electrons. The molecule has 2 heterocycles. The molecule has 3 heteroatoms. The van der Waals surface area contributed by atoms with Crippen LogP contribution in [0.1, 0.15) is 25.5 Å². The predicted octanol–water partition coefficient (Wildman–Crippen LogP) is 1.90. The fourth-order valence-electron chi connectivity index (χ4n) is 2.42. The smallest absolute Gasteiger partial charge is 0.0543 e. The summed E-state index contributed by atoms with van der Waals surface area (Å²) in [5.74, 6) is 0.870. The van der Waals surface area contributed by atoms with Gasteiger partial charge in [-0.25, -0.2) is 0 Å². The molecule has 0 aliphatic carbocycles. The van der Waals surface area contributed by atoms with Crippen molar-refractivity contribution in [3.05, 3.63) is 30.1 Å². The van der Waals surface area contributed by atoms with Crippen LogP contribution in [0.3, 0.4) is 0 Å². The van der Waals surface area contributed by atoms with Crippen molar-refractivity contribution in [2.75, 3.05) is 26.2 Å². The SMILES string of the molecule is CCNCC1CCN(Cc2ccccn2)CC1. The fourth-order valence-corrected chi connectivity index (χ4v) is 2.42. The van der Waals surface area contributed by atoms with E-state index in [9.17, 15) is 0 Å². The molecule has 1 aromatic rings. The molecule has 0 atom stereocenters. The molecule has 1 saturated heterocycles. The first-order valence-electron chi connectivity index (χ1n) is 6.71. The Bertz CT molecular complexity index is 305. The van der Waals surface area contributed by atoms with Crippen LogP contribution >= 0.6 is 0 Å². The molecule has 0 amide bonds. The summed E-state index contributed by atoms with van der Waals surface area (Å²) in [5, 5.41) is 3.45. The zero-order valence-corrected chi connectivity index (χ0v) is 10.7. The first kappa shape index (κ1) is 12.5. The van der Waals surface area contributed by atoms with Crippen LogP contribution in [0.25, 0.3) is 0 Å². The van der Waals surface area contributed by atoms with Gasteiger partial charge in [-0.2, -0.15) is 0 Å². The maximum atomic E-state index is 4.39. The van der Waals surface area contributed by atoms with Crippen LogP contribution in [0.5, 0.6) is 0 Å². The van der Waals surface area contributed by atoms with Crippen LogP contribution < -0.4 is 5.32 Å². The minimum absolute atomic E-state index is 0.870. The van der Waals surface area contributed by atoms with Gasteiger partial charge in [0.2, 0.25) is 0 Å². The maximum absolute atomic E-state index is 4.39. The summed E-state index contributed by atoms with van der Waals surface area (Å²) < 4.78 is 0. The van der Waals surface area contributed by atoms with Gasteiger partial charge < -0.3 is 5.32 Å². The standard InChI is InChI=1S/C14H23N3/c1-2-15-11-13-6-9-17(10-7-13)12-14-5-3-4-8-16-14/h3-5,8,13,15H,2,6-7,9-12H2,1H3. The van der Waals surface area contributed by atoms with E-state index in [0.29, 0.717) is 0 Å². The highest BCUT2D eigenvalue weighted by atomic mass is 15.1. The number of hydrogen-bond donors (Lipinski definition) is 1. The zero-order chi connectivity index (χ0) is 11.9. The van der Waals surface area contributed by atoms with Gasteiger partial charge in [-0.1, -0.05) is 13.0 Å². The third kappa shape index (κ3) is 4.10. The van der Waals surface area contributed by atoms with Crippen molar-refractivity contribution in [3.63, 3.8) is 0 Å². The molecular formula is C14H23N3. The topological polar surface area (TPSA) is 28.2 Å². The summed E-state index contributed by atoms with van der Waals surface area (Å²) in [4.78, 5) is 6.91. The van der Waals surface area contributed by atoms with Crippen molar-refractivity contribution < 1.29 is 0 Å². The van der Waals surface area contributed by atoms with Gasteiger partial charge >= 0.3 is 0 Å². The number of aromatic nitrogens is 1. The third-order valence-corrected chi connectivity index (χ3v) is 3.50. The molecule has 1 aliphatic heterocycles. The Labute approximate surface area is 104 Å². The average Bonchev–Trinajstić information content (AvgIpc) is 2.39. The second-order valence-electron chi connectivity index (χ2n) is 4.85. The third-order valence-electron chi connectivity index (χ3n) is 3.50. The zero-order valence-electron chi connectivity index (χ0n) is 10.7. The molecule has 2 rings (SSSR count). The number of piperidine rings is 1. The lowest BCUT2D eigenvalue weighted by atomic mass is 9.96. The molecular weight excluding hydrogens is 210 g/mol. The predicted molar refractivity (Wildman–Crippen MR) is 70.8 cm³/mol. The lowest BCUT2D eigenvalue weighted by Gasteiger charge is -2.31. The Hall–Kier alpha value is -0.930. The molecule has 0 spiro atoms. The number of likely N-dealkylation sites (tertiary alicyclic amines) is 1. The van der Waals surface area contributed by atoms with Crippen LogP contribution in [-0.4, -0.2) is 36.1 Å². The van der Waals surface area contributed by atoms with E-state index in [2.05, 4.69) is 34.3 Å². The van der Waals surface area contributed by atoms with Gasteiger partial charge in [0, 0.05) is 12.7 Å². The summed E-state index contributed by atoms with van der Waals surface area (Å²) in [6.45, 7) is 7.90. The van der Waals surface area contributed by atoms with Crippen molar-refractivity contribution in [2.24, 2.45) is 5.92 Å². The monoisotopic (exact) mass is 233 g/mol. The highest BCUT2D eigenvalue weighted by Gasteiger charge is 2.18. The van der Waals surface area contributed by atoms with E-state index in [1.807, 2.05) is 12.3 Å². The van der Waals surface area contributed by atoms with Crippen molar-refractivity contribution >= 4 is 0 Å². The van der Waals surface area contributed by atoms with Crippen LogP contribution in [0.4, 0.5) is 0 Å². The molecule has 17 heavy (non-hydrogen) atoms. The van der Waals surface area contributed by atoms with E-state index in [-0.39, 0.29) is 0 Å². The van der Waals surface area contributed by atoms with E-state index in [1.54, 1.807) is 0 Å². The maximum Gasteiger partial charge on any atom is 0.0543 e. The van der Waals surface area contributed by atoms with E-state index in [4.69, 9.17) is 0 Å². The first-order valence-corrected chi connectivity index (χ1v) is 6.71. The number of rotatable bonds is 5. The number of hydrogen-bond acceptors (Lipinski definition) is 3. The molecule has 94 valence electrons. The summed E-state index contributed by atoms with van der Waals surface area (Å²) in [5.41, 5.74) is 1.19. The minimum Gasteiger partial charge on any atom is -0.317 e. The molecule has 0 bridgehead atoms. The molecule has 1 N–H and O–H groups in total. The van der Waals surface area contributed by atoms with Crippen LogP contribution in [0.15, 0.2) is 24.4 Å². The summed E-state index contributed by atoms with van der Waals surface area (Å²) in [6, 6.07) is 6.16. The second kappa shape index (κ2) is 6.72. The molecule has 1 aromatic heterocycles. The summed E-state index contributed by atoms with van der Waals surface area (Å²) in [6.07, 6.45) is 4.52. The van der Waals surface area contributed by atoms with Gasteiger partial charge in [0.05, 0.1) is 5.69 Å². The van der Waals surface area contributed by atoms with Gasteiger partial charge in [0.25, 0.3) is 0 Å². The molecule has 1 fully saturated rings. The number of pyridine rings is 1. The second-order valence-corrected chi connectivity index (χ2v) is 4.85. The van der Waals surface area contributed by atoms with E-state index >= 15 is 0 Å². The van der Waals surface area contributed by atoms with Crippen molar-refractivity contribution in [1.82, 2.24) is 15.2 Å². The molecule has 0 aromatic carbocycles. The Balaban J connectivity index is 1.72. The lowest BCUT2D eigenvalue weighted by Crippen LogP contribution is -2.37. The van der Waals surface area contributed by atoms with Crippen LogP contribution in [-0.2, 0) is 6.54 Å². The largest absolute Gasteiger partial charge is 0.317 e. The number of nitrogens with one attached hydrogen (secondary N) is 1. The average molecular weight is 233 g/mol. The van der Waals surface area contributed by atoms with E-state index < -0.39 is 0 Å². The summed E-state index contributed by atoms with van der Waals surface area (Å²) >= 11 is 0. The number of nitrogens with zero attached hydrogens (tertiary/aromatic N) is 2. The van der Waals surface area contributed by atoms with Crippen LogP contribution in [0.2, 0.25) is 0 Å². The van der Waals surface area contributed by atoms with Gasteiger partial charge in [-0.3, -0.25) is 9.88 Å². The molecule has 0 saturated carbocycles. The quantitative estimate of drug-likeness (QED) is 0.842. The highest BCUT2D eigenvalue weighted by Crippen LogP contribution is 2.17.